The smallest absolute Gasteiger partial charge is 0.283 e. The molecule has 1 saturated carbocycles. The average molecular weight is 519 g/mol. The molecule has 0 spiro atoms. The van der Waals surface area contributed by atoms with E-state index in [1.165, 1.54) is 41.6 Å². The number of rotatable bonds is 7. The number of aromatic amines is 1. The molecule has 1 aliphatic rings. The predicted octanol–water partition coefficient (Wildman–Crippen LogP) is 5.36. The second kappa shape index (κ2) is 10.5. The maximum atomic E-state index is 14.9. The number of hydrogen-bond acceptors (Lipinski definition) is 7. The third-order valence-electron chi connectivity index (χ3n) is 6.30. The SMILES string of the molecule is CC.CCC(Nc1ncnc2nc[nH]c12)c1nc2cccc(F)c2c(=O)n1N(c1ccc(F)cc1)C1CC1. The van der Waals surface area contributed by atoms with Gasteiger partial charge in [-0.15, -0.1) is 0 Å². The van der Waals surface area contributed by atoms with Crippen molar-refractivity contribution in [2.45, 2.75) is 52.1 Å². The number of anilines is 2. The van der Waals surface area contributed by atoms with Gasteiger partial charge in [-0.1, -0.05) is 26.8 Å². The highest BCUT2D eigenvalue weighted by Crippen LogP contribution is 2.34. The van der Waals surface area contributed by atoms with Gasteiger partial charge in [0.1, 0.15) is 28.9 Å². The predicted molar refractivity (Wildman–Crippen MR) is 143 cm³/mol. The van der Waals surface area contributed by atoms with Crippen molar-refractivity contribution in [3.63, 3.8) is 0 Å². The molecule has 0 amide bonds. The van der Waals surface area contributed by atoms with Crippen LogP contribution in [0.25, 0.3) is 22.1 Å². The Kier molecular flexibility index (Phi) is 6.99. The summed E-state index contributed by atoms with van der Waals surface area (Å²) in [6, 6.07) is 9.83. The van der Waals surface area contributed by atoms with Gasteiger partial charge in [-0.25, -0.2) is 28.7 Å². The normalized spacial score (nSPS) is 13.7. The Morgan fingerprint density at radius 1 is 1.11 bits per heavy atom. The first-order valence-corrected chi connectivity index (χ1v) is 12.7. The maximum Gasteiger partial charge on any atom is 0.283 e. The van der Waals surface area contributed by atoms with Crippen LogP contribution in [0.3, 0.4) is 0 Å². The number of nitrogens with zero attached hydrogens (tertiary/aromatic N) is 6. The fourth-order valence-corrected chi connectivity index (χ4v) is 4.42. The molecule has 3 aromatic heterocycles. The molecule has 3 heterocycles. The van der Waals surface area contributed by atoms with Crippen LogP contribution in [0.1, 0.15) is 51.9 Å². The fraction of sp³-hybridized carbons (Fsp3) is 0.296. The Balaban J connectivity index is 0.00000144. The van der Waals surface area contributed by atoms with Crippen LogP contribution >= 0.6 is 0 Å². The summed E-state index contributed by atoms with van der Waals surface area (Å²) in [4.78, 5) is 34.4. The van der Waals surface area contributed by atoms with E-state index >= 15 is 0 Å². The number of nitrogens with one attached hydrogen (secondary N) is 2. The minimum absolute atomic E-state index is 0.00574. The number of aromatic nitrogens is 6. The first-order valence-electron chi connectivity index (χ1n) is 12.7. The Hall–Kier alpha value is -4.41. The summed E-state index contributed by atoms with van der Waals surface area (Å²) in [6.07, 6.45) is 5.15. The van der Waals surface area contributed by atoms with Gasteiger partial charge in [0, 0.05) is 0 Å². The molecule has 5 aromatic rings. The van der Waals surface area contributed by atoms with Crippen LogP contribution in [-0.2, 0) is 0 Å². The van der Waals surface area contributed by atoms with Gasteiger partial charge in [0.2, 0.25) is 0 Å². The summed E-state index contributed by atoms with van der Waals surface area (Å²) in [7, 11) is 0. The van der Waals surface area contributed by atoms with Crippen molar-refractivity contribution in [2.24, 2.45) is 0 Å². The highest BCUT2D eigenvalue weighted by molar-refractivity contribution is 5.82. The summed E-state index contributed by atoms with van der Waals surface area (Å²) in [5, 5.41) is 5.07. The summed E-state index contributed by atoms with van der Waals surface area (Å²) < 4.78 is 30.1. The highest BCUT2D eigenvalue weighted by atomic mass is 19.1. The van der Waals surface area contributed by atoms with Crippen molar-refractivity contribution >= 4 is 33.6 Å². The molecule has 38 heavy (non-hydrogen) atoms. The Morgan fingerprint density at radius 2 is 1.87 bits per heavy atom. The van der Waals surface area contributed by atoms with Crippen molar-refractivity contribution in [2.75, 3.05) is 10.3 Å². The average Bonchev–Trinajstić information content (AvgIpc) is 3.65. The Bertz CT molecular complexity index is 1630. The lowest BCUT2D eigenvalue weighted by Crippen LogP contribution is -2.44. The summed E-state index contributed by atoms with van der Waals surface area (Å²) in [5.41, 5.74) is 1.47. The molecule has 6 rings (SSSR count). The zero-order valence-electron chi connectivity index (χ0n) is 21.3. The third kappa shape index (κ3) is 4.55. The van der Waals surface area contributed by atoms with Gasteiger partial charge < -0.3 is 10.3 Å². The van der Waals surface area contributed by atoms with Crippen molar-refractivity contribution in [3.05, 3.63) is 82.9 Å². The number of H-pyrrole nitrogens is 1. The molecule has 0 aliphatic heterocycles. The monoisotopic (exact) mass is 518 g/mol. The quantitative estimate of drug-likeness (QED) is 0.299. The Morgan fingerprint density at radius 3 is 2.58 bits per heavy atom. The largest absolute Gasteiger partial charge is 0.358 e. The van der Waals surface area contributed by atoms with E-state index < -0.39 is 17.4 Å². The standard InChI is InChI=1S/C25H22F2N8O.C2H6/c1-2-18(32-23-21-22(29-12-28-21)30-13-31-23)24-33-19-5-3-4-17(27)20(19)25(36)35(24)34(16-10-11-16)15-8-6-14(26)7-9-15;1-2/h3-9,12-13,16,18H,2,10-11H2,1H3,(H2,28,29,30,31,32);1-2H3. The van der Waals surface area contributed by atoms with E-state index in [2.05, 4.69) is 25.3 Å². The van der Waals surface area contributed by atoms with Gasteiger partial charge in [0.25, 0.3) is 5.56 Å². The molecule has 1 aliphatic carbocycles. The van der Waals surface area contributed by atoms with Crippen LogP contribution in [0, 0.1) is 11.6 Å². The van der Waals surface area contributed by atoms with Gasteiger partial charge in [-0.3, -0.25) is 9.80 Å². The van der Waals surface area contributed by atoms with Crippen LogP contribution in [0.5, 0.6) is 0 Å². The molecule has 1 fully saturated rings. The maximum absolute atomic E-state index is 14.9. The first-order chi connectivity index (χ1) is 18.5. The molecule has 1 atom stereocenters. The van der Waals surface area contributed by atoms with E-state index in [1.54, 1.807) is 23.2 Å². The van der Waals surface area contributed by atoms with Crippen LogP contribution < -0.4 is 15.9 Å². The van der Waals surface area contributed by atoms with Crippen LogP contribution in [-0.4, -0.2) is 35.6 Å². The van der Waals surface area contributed by atoms with E-state index in [9.17, 15) is 13.6 Å². The van der Waals surface area contributed by atoms with Gasteiger partial charge in [-0.2, -0.15) is 4.68 Å². The molecule has 196 valence electrons. The van der Waals surface area contributed by atoms with Gasteiger partial charge >= 0.3 is 0 Å². The van der Waals surface area contributed by atoms with Crippen molar-refractivity contribution in [1.82, 2.24) is 29.6 Å². The third-order valence-corrected chi connectivity index (χ3v) is 6.30. The molecular formula is C27H28F2N8O. The second-order valence-corrected chi connectivity index (χ2v) is 8.70. The lowest BCUT2D eigenvalue weighted by atomic mass is 10.1. The van der Waals surface area contributed by atoms with E-state index in [4.69, 9.17) is 4.98 Å². The number of fused-ring (bicyclic) bond motifs is 2. The second-order valence-electron chi connectivity index (χ2n) is 8.70. The molecule has 2 aromatic carbocycles. The topological polar surface area (TPSA) is 105 Å². The molecular weight excluding hydrogens is 490 g/mol. The molecule has 0 bridgehead atoms. The van der Waals surface area contributed by atoms with Gasteiger partial charge in [0.05, 0.1) is 29.6 Å². The fourth-order valence-electron chi connectivity index (χ4n) is 4.42. The number of halogens is 2. The van der Waals surface area contributed by atoms with Crippen molar-refractivity contribution in [1.29, 1.82) is 0 Å². The van der Waals surface area contributed by atoms with E-state index in [-0.39, 0.29) is 22.8 Å². The minimum Gasteiger partial charge on any atom is -0.358 e. The lowest BCUT2D eigenvalue weighted by molar-refractivity contribution is 0.559. The highest BCUT2D eigenvalue weighted by Gasteiger charge is 2.35. The lowest BCUT2D eigenvalue weighted by Gasteiger charge is -2.31. The van der Waals surface area contributed by atoms with E-state index in [0.29, 0.717) is 34.9 Å². The van der Waals surface area contributed by atoms with Gasteiger partial charge in [0.15, 0.2) is 17.3 Å². The van der Waals surface area contributed by atoms with Crippen LogP contribution in [0.4, 0.5) is 20.3 Å². The zero-order valence-corrected chi connectivity index (χ0v) is 21.3. The first kappa shape index (κ1) is 25.2. The van der Waals surface area contributed by atoms with Gasteiger partial charge in [-0.05, 0) is 55.7 Å². The number of hydrogen-bond donors (Lipinski definition) is 2. The van der Waals surface area contributed by atoms with Crippen molar-refractivity contribution < 1.29 is 8.78 Å². The summed E-state index contributed by atoms with van der Waals surface area (Å²) in [6.45, 7) is 5.95. The molecule has 0 saturated heterocycles. The van der Waals surface area contributed by atoms with E-state index in [1.807, 2.05) is 20.8 Å². The number of imidazole rings is 1. The van der Waals surface area contributed by atoms with Crippen LogP contribution in [0.2, 0.25) is 0 Å². The number of benzene rings is 2. The molecule has 2 N–H and O–H groups in total. The van der Waals surface area contributed by atoms with Crippen LogP contribution in [0.15, 0.2) is 59.9 Å². The molecule has 11 heteroatoms. The molecule has 1 unspecified atom stereocenters. The molecule has 9 nitrogen and oxygen atoms in total. The minimum atomic E-state index is -0.642. The Labute approximate surface area is 217 Å². The van der Waals surface area contributed by atoms with Crippen molar-refractivity contribution in [3.8, 4) is 0 Å². The van der Waals surface area contributed by atoms with E-state index in [0.717, 1.165) is 12.8 Å². The summed E-state index contributed by atoms with van der Waals surface area (Å²) in [5.74, 6) is -0.131. The summed E-state index contributed by atoms with van der Waals surface area (Å²) >= 11 is 0. The molecule has 0 radical (unpaired) electrons. The zero-order chi connectivity index (χ0) is 26.8.